The molecule has 0 aliphatic carbocycles. The molecule has 0 saturated carbocycles. The molecule has 12 heteroatoms. The highest BCUT2D eigenvalue weighted by Crippen LogP contribution is 2.27. The predicted molar refractivity (Wildman–Crippen MR) is 172 cm³/mol. The van der Waals surface area contributed by atoms with Crippen LogP contribution in [-0.2, 0) is 27.4 Å². The zero-order valence-electron chi connectivity index (χ0n) is 25.0. The molecule has 1 aliphatic heterocycles. The highest BCUT2D eigenvalue weighted by atomic mass is 35.5. The molecule has 0 spiro atoms. The number of hydrogen-bond acceptors (Lipinski definition) is 8. The third kappa shape index (κ3) is 9.14. The first kappa shape index (κ1) is 35.5. The minimum absolute atomic E-state index is 0. The molecule has 10 nitrogen and oxygen atoms in total. The number of aromatic nitrogens is 1. The molecule has 2 heterocycles. The Morgan fingerprint density at radius 1 is 0.977 bits per heavy atom. The van der Waals surface area contributed by atoms with Gasteiger partial charge in [-0.2, -0.15) is 0 Å². The van der Waals surface area contributed by atoms with Crippen LogP contribution in [0, 0.1) is 6.92 Å². The Bertz CT molecular complexity index is 1360. The summed E-state index contributed by atoms with van der Waals surface area (Å²) in [4.78, 5) is 44.4. The third-order valence-electron chi connectivity index (χ3n) is 7.16. The van der Waals surface area contributed by atoms with E-state index in [9.17, 15) is 14.4 Å². The summed E-state index contributed by atoms with van der Waals surface area (Å²) in [5.41, 5.74) is 6.03. The lowest BCUT2D eigenvalue weighted by Gasteiger charge is -2.32. The van der Waals surface area contributed by atoms with Gasteiger partial charge in [0.25, 0.3) is 5.91 Å². The zero-order chi connectivity index (χ0) is 29.4. The molecule has 0 bridgehead atoms. The number of pyridine rings is 1. The number of rotatable bonds is 12. The summed E-state index contributed by atoms with van der Waals surface area (Å²) in [6, 6.07) is 17.4. The number of nitrogens with one attached hydrogen (secondary N) is 2. The second kappa shape index (κ2) is 16.8. The molecule has 43 heavy (non-hydrogen) atoms. The number of likely N-dealkylation sites (N-methyl/N-ethyl adjacent to an activating group) is 2. The number of carbonyl (C=O) groups is 3. The highest BCUT2D eigenvalue weighted by Gasteiger charge is 2.27. The summed E-state index contributed by atoms with van der Waals surface area (Å²) >= 11 is 0. The fraction of sp³-hybridized carbons (Fsp3) is 0.355. The number of hydrazine groups is 1. The molecule has 0 unspecified atom stereocenters. The van der Waals surface area contributed by atoms with E-state index in [1.165, 1.54) is 24.4 Å². The lowest BCUT2D eigenvalue weighted by Crippen LogP contribution is -2.48. The molecule has 2 N–H and O–H groups in total. The summed E-state index contributed by atoms with van der Waals surface area (Å²) in [7, 11) is 3.11. The maximum atomic E-state index is 13.5. The summed E-state index contributed by atoms with van der Waals surface area (Å²) in [6.45, 7) is 7.38. The van der Waals surface area contributed by atoms with Crippen LogP contribution in [-0.4, -0.2) is 79.7 Å². The van der Waals surface area contributed by atoms with Crippen molar-refractivity contribution < 1.29 is 19.1 Å². The average molecular weight is 632 g/mol. The standard InChI is InChI=1S/C31H38N6O4.2ClH/c1-5-32-14-15-33-29(38)20-36(21-30(39)35(3)37-18-25-8-6-7-9-26(25)19-37)28-13-11-23(16-22(28)2)27-12-10-24(17-34-27)31(40)41-4;;/h6-13,16-17,32H,5,14-15,18-21H2,1-4H3,(H,33,38);2*1H. The number of nitrogens with zero attached hydrogens (tertiary/aromatic N) is 4. The molecule has 3 aromatic rings. The lowest BCUT2D eigenvalue weighted by atomic mass is 10.0. The maximum absolute atomic E-state index is 13.5. The van der Waals surface area contributed by atoms with E-state index in [0.717, 1.165) is 23.4 Å². The number of methoxy groups -OCH3 is 1. The Labute approximate surface area is 265 Å². The van der Waals surface area contributed by atoms with Crippen LogP contribution in [0.3, 0.4) is 0 Å². The summed E-state index contributed by atoms with van der Waals surface area (Å²) in [6.07, 6.45) is 1.49. The van der Waals surface area contributed by atoms with Gasteiger partial charge in [0, 0.05) is 50.7 Å². The van der Waals surface area contributed by atoms with Crippen LogP contribution < -0.4 is 15.5 Å². The molecule has 4 rings (SSSR count). The Hall–Kier alpha value is -3.70. The number of benzene rings is 2. The summed E-state index contributed by atoms with van der Waals surface area (Å²) in [5, 5.41) is 9.80. The van der Waals surface area contributed by atoms with Crippen molar-refractivity contribution in [1.82, 2.24) is 25.6 Å². The number of hydrogen-bond donors (Lipinski definition) is 2. The van der Waals surface area contributed by atoms with Crippen molar-refractivity contribution >= 4 is 48.3 Å². The van der Waals surface area contributed by atoms with Crippen molar-refractivity contribution in [3.05, 3.63) is 83.0 Å². The van der Waals surface area contributed by atoms with E-state index in [4.69, 9.17) is 4.74 Å². The average Bonchev–Trinajstić information content (AvgIpc) is 3.42. The minimum atomic E-state index is -0.442. The van der Waals surface area contributed by atoms with Crippen LogP contribution in [0.2, 0.25) is 0 Å². The van der Waals surface area contributed by atoms with Crippen LogP contribution in [0.25, 0.3) is 11.3 Å². The van der Waals surface area contributed by atoms with E-state index in [0.29, 0.717) is 37.4 Å². The Kier molecular flexibility index (Phi) is 13.9. The van der Waals surface area contributed by atoms with Crippen molar-refractivity contribution in [2.75, 3.05) is 51.8 Å². The van der Waals surface area contributed by atoms with Gasteiger partial charge in [-0.3, -0.25) is 19.6 Å². The van der Waals surface area contributed by atoms with Gasteiger partial charge in [0.2, 0.25) is 5.91 Å². The van der Waals surface area contributed by atoms with Gasteiger partial charge in [-0.15, -0.1) is 24.8 Å². The highest BCUT2D eigenvalue weighted by molar-refractivity contribution is 5.89. The number of anilines is 1. The van der Waals surface area contributed by atoms with Gasteiger partial charge >= 0.3 is 5.97 Å². The van der Waals surface area contributed by atoms with Gasteiger partial charge in [-0.25, -0.2) is 9.80 Å². The number of halogens is 2. The molecule has 0 fully saturated rings. The van der Waals surface area contributed by atoms with Crippen molar-refractivity contribution in [2.45, 2.75) is 26.9 Å². The van der Waals surface area contributed by atoms with Gasteiger partial charge in [0.05, 0.1) is 31.5 Å². The van der Waals surface area contributed by atoms with Crippen molar-refractivity contribution in [1.29, 1.82) is 0 Å². The molecule has 2 amide bonds. The monoisotopic (exact) mass is 630 g/mol. The lowest BCUT2D eigenvalue weighted by molar-refractivity contribution is -0.145. The van der Waals surface area contributed by atoms with E-state index >= 15 is 0 Å². The summed E-state index contributed by atoms with van der Waals surface area (Å²) < 4.78 is 4.75. The molecule has 2 aromatic carbocycles. The SMILES string of the molecule is CCNCCNC(=O)CN(CC(=O)N(C)N1Cc2ccccc2C1)c1ccc(-c2ccc(C(=O)OC)cn2)cc1C.Cl.Cl. The summed E-state index contributed by atoms with van der Waals surface area (Å²) in [5.74, 6) is -0.709. The number of aryl methyl sites for hydroxylation is 1. The minimum Gasteiger partial charge on any atom is -0.465 e. The zero-order valence-corrected chi connectivity index (χ0v) is 26.6. The molecule has 1 aliphatic rings. The Morgan fingerprint density at radius 3 is 2.26 bits per heavy atom. The number of carbonyl (C=O) groups excluding carboxylic acids is 3. The van der Waals surface area contributed by atoms with Crippen LogP contribution >= 0.6 is 24.8 Å². The first-order valence-electron chi connectivity index (χ1n) is 13.8. The van der Waals surface area contributed by atoms with Gasteiger partial charge in [0.15, 0.2) is 0 Å². The molecular weight excluding hydrogens is 591 g/mol. The second-order valence-corrected chi connectivity index (χ2v) is 9.99. The topological polar surface area (TPSA) is 107 Å². The Morgan fingerprint density at radius 2 is 1.67 bits per heavy atom. The molecule has 0 saturated heterocycles. The number of fused-ring (bicyclic) bond motifs is 1. The third-order valence-corrected chi connectivity index (χ3v) is 7.16. The van der Waals surface area contributed by atoms with Crippen LogP contribution in [0.1, 0.15) is 34.0 Å². The van der Waals surface area contributed by atoms with E-state index < -0.39 is 5.97 Å². The quantitative estimate of drug-likeness (QED) is 0.231. The maximum Gasteiger partial charge on any atom is 0.339 e. The molecular formula is C31H40Cl2N6O4. The van der Waals surface area contributed by atoms with Crippen molar-refractivity contribution in [3.63, 3.8) is 0 Å². The van der Waals surface area contributed by atoms with Crippen LogP contribution in [0.5, 0.6) is 0 Å². The number of ether oxygens (including phenoxy) is 1. The first-order chi connectivity index (χ1) is 19.8. The van der Waals surface area contributed by atoms with E-state index in [2.05, 4.69) is 27.8 Å². The largest absolute Gasteiger partial charge is 0.465 e. The predicted octanol–water partition coefficient (Wildman–Crippen LogP) is 3.61. The van der Waals surface area contributed by atoms with Gasteiger partial charge in [-0.05, 0) is 54.4 Å². The second-order valence-electron chi connectivity index (χ2n) is 9.99. The smallest absolute Gasteiger partial charge is 0.339 e. The molecule has 232 valence electrons. The molecule has 0 atom stereocenters. The van der Waals surface area contributed by atoms with Crippen molar-refractivity contribution in [2.24, 2.45) is 0 Å². The van der Waals surface area contributed by atoms with Crippen LogP contribution in [0.4, 0.5) is 5.69 Å². The van der Waals surface area contributed by atoms with Gasteiger partial charge < -0.3 is 20.3 Å². The number of amides is 2. The normalized spacial score (nSPS) is 11.9. The van der Waals surface area contributed by atoms with Gasteiger partial charge in [0.1, 0.15) is 0 Å². The van der Waals surface area contributed by atoms with Crippen LogP contribution in [0.15, 0.2) is 60.8 Å². The molecule has 0 radical (unpaired) electrons. The van der Waals surface area contributed by atoms with Gasteiger partial charge in [-0.1, -0.05) is 37.3 Å². The first-order valence-corrected chi connectivity index (χ1v) is 13.8. The van der Waals surface area contributed by atoms with E-state index in [1.807, 2.05) is 54.1 Å². The fourth-order valence-corrected chi connectivity index (χ4v) is 4.85. The van der Waals surface area contributed by atoms with Crippen molar-refractivity contribution in [3.8, 4) is 11.3 Å². The molecule has 1 aromatic heterocycles. The van der Waals surface area contributed by atoms with E-state index in [-0.39, 0.29) is 49.7 Å². The van der Waals surface area contributed by atoms with E-state index in [1.54, 1.807) is 24.2 Å². The fourth-order valence-electron chi connectivity index (χ4n) is 4.85. The Balaban J connectivity index is 0.00000323. The number of esters is 1.